The standard InChI is InChI=1S/C15H16F3NOS/c1-14(20,13-6-7-21-9-13)10-19-8-11-2-4-12(5-3-11)15(16,17)18/h2-7,9,19-20H,8,10H2,1H3. The Morgan fingerprint density at radius 3 is 2.29 bits per heavy atom. The summed E-state index contributed by atoms with van der Waals surface area (Å²) in [6.07, 6.45) is -4.31. The van der Waals surface area contributed by atoms with Crippen molar-refractivity contribution in [2.75, 3.05) is 6.54 Å². The number of hydrogen-bond acceptors (Lipinski definition) is 3. The Bertz CT molecular complexity index is 562. The third kappa shape index (κ3) is 4.30. The van der Waals surface area contributed by atoms with Gasteiger partial charge in [-0.1, -0.05) is 12.1 Å². The normalized spacial score (nSPS) is 14.9. The zero-order valence-electron chi connectivity index (χ0n) is 11.4. The minimum atomic E-state index is -4.31. The van der Waals surface area contributed by atoms with Gasteiger partial charge in [0.05, 0.1) is 11.2 Å². The molecule has 0 saturated heterocycles. The van der Waals surface area contributed by atoms with Crippen LogP contribution in [0, 0.1) is 0 Å². The van der Waals surface area contributed by atoms with Crippen molar-refractivity contribution in [2.24, 2.45) is 0 Å². The van der Waals surface area contributed by atoms with E-state index in [0.717, 1.165) is 23.3 Å². The van der Waals surface area contributed by atoms with E-state index in [0.29, 0.717) is 13.1 Å². The molecular weight excluding hydrogens is 299 g/mol. The van der Waals surface area contributed by atoms with Crippen LogP contribution in [0.1, 0.15) is 23.6 Å². The van der Waals surface area contributed by atoms with Gasteiger partial charge in [0.1, 0.15) is 0 Å². The average Bonchev–Trinajstić information content (AvgIpc) is 2.92. The van der Waals surface area contributed by atoms with Gasteiger partial charge in [0.15, 0.2) is 0 Å². The lowest BCUT2D eigenvalue weighted by Gasteiger charge is -2.23. The first-order valence-electron chi connectivity index (χ1n) is 6.41. The maximum absolute atomic E-state index is 12.4. The molecule has 0 aliphatic carbocycles. The molecule has 1 heterocycles. The van der Waals surface area contributed by atoms with Crippen molar-refractivity contribution in [1.82, 2.24) is 5.32 Å². The van der Waals surface area contributed by atoms with Crippen LogP contribution in [0.4, 0.5) is 13.2 Å². The first-order chi connectivity index (χ1) is 9.79. The summed E-state index contributed by atoms with van der Waals surface area (Å²) < 4.78 is 37.3. The van der Waals surface area contributed by atoms with Gasteiger partial charge in [-0.2, -0.15) is 24.5 Å². The Morgan fingerprint density at radius 2 is 1.76 bits per heavy atom. The van der Waals surface area contributed by atoms with Crippen LogP contribution in [0.3, 0.4) is 0 Å². The lowest BCUT2D eigenvalue weighted by atomic mass is 9.99. The fourth-order valence-corrected chi connectivity index (χ4v) is 2.72. The predicted octanol–water partition coefficient (Wildman–Crippen LogP) is 3.76. The van der Waals surface area contributed by atoms with Crippen LogP contribution < -0.4 is 5.32 Å². The Balaban J connectivity index is 1.89. The summed E-state index contributed by atoms with van der Waals surface area (Å²) in [7, 11) is 0. The smallest absolute Gasteiger partial charge is 0.384 e. The second-order valence-corrected chi connectivity index (χ2v) is 5.86. The first-order valence-corrected chi connectivity index (χ1v) is 7.35. The van der Waals surface area contributed by atoms with Crippen LogP contribution in [0.2, 0.25) is 0 Å². The first kappa shape index (κ1) is 16.0. The van der Waals surface area contributed by atoms with Crippen molar-refractivity contribution in [1.29, 1.82) is 0 Å². The third-order valence-electron chi connectivity index (χ3n) is 3.22. The Kier molecular flexibility index (Phi) is 4.70. The van der Waals surface area contributed by atoms with Crippen LogP contribution in [-0.4, -0.2) is 11.7 Å². The van der Waals surface area contributed by atoms with Gasteiger partial charge >= 0.3 is 6.18 Å². The Morgan fingerprint density at radius 1 is 1.10 bits per heavy atom. The molecule has 2 N–H and O–H groups in total. The Hall–Kier alpha value is -1.37. The van der Waals surface area contributed by atoms with Gasteiger partial charge in [-0.05, 0) is 47.0 Å². The van der Waals surface area contributed by atoms with Gasteiger partial charge in [-0.3, -0.25) is 0 Å². The van der Waals surface area contributed by atoms with E-state index in [2.05, 4.69) is 5.32 Å². The van der Waals surface area contributed by atoms with Crippen molar-refractivity contribution in [3.8, 4) is 0 Å². The highest BCUT2D eigenvalue weighted by Gasteiger charge is 2.30. The lowest BCUT2D eigenvalue weighted by molar-refractivity contribution is -0.137. The highest BCUT2D eigenvalue weighted by atomic mass is 32.1. The van der Waals surface area contributed by atoms with E-state index < -0.39 is 17.3 Å². The quantitative estimate of drug-likeness (QED) is 0.880. The van der Waals surface area contributed by atoms with Crippen LogP contribution in [-0.2, 0) is 18.3 Å². The fraction of sp³-hybridized carbons (Fsp3) is 0.333. The molecule has 1 aromatic carbocycles. The average molecular weight is 315 g/mol. The van der Waals surface area contributed by atoms with E-state index in [1.165, 1.54) is 23.5 Å². The van der Waals surface area contributed by atoms with Crippen molar-refractivity contribution in [3.63, 3.8) is 0 Å². The molecule has 0 amide bonds. The van der Waals surface area contributed by atoms with E-state index in [1.54, 1.807) is 6.92 Å². The number of aliphatic hydroxyl groups is 1. The number of alkyl halides is 3. The van der Waals surface area contributed by atoms with Crippen molar-refractivity contribution < 1.29 is 18.3 Å². The molecule has 0 radical (unpaired) electrons. The van der Waals surface area contributed by atoms with Gasteiger partial charge in [0.25, 0.3) is 0 Å². The lowest BCUT2D eigenvalue weighted by Crippen LogP contribution is -2.34. The van der Waals surface area contributed by atoms with Gasteiger partial charge in [0.2, 0.25) is 0 Å². The molecule has 0 spiro atoms. The molecule has 0 aliphatic heterocycles. The monoisotopic (exact) mass is 315 g/mol. The molecule has 1 unspecified atom stereocenters. The molecule has 0 saturated carbocycles. The maximum atomic E-state index is 12.4. The van der Waals surface area contributed by atoms with Crippen LogP contribution in [0.15, 0.2) is 41.1 Å². The number of hydrogen-bond donors (Lipinski definition) is 2. The molecule has 1 atom stereocenters. The molecule has 1 aromatic heterocycles. The molecular formula is C15H16F3NOS. The molecule has 2 rings (SSSR count). The summed E-state index contributed by atoms with van der Waals surface area (Å²) in [5.74, 6) is 0. The van der Waals surface area contributed by atoms with E-state index in [4.69, 9.17) is 0 Å². The summed E-state index contributed by atoms with van der Waals surface area (Å²) in [6.45, 7) is 2.43. The predicted molar refractivity (Wildman–Crippen MR) is 77.0 cm³/mol. The molecule has 2 aromatic rings. The van der Waals surface area contributed by atoms with Crippen LogP contribution in [0.25, 0.3) is 0 Å². The van der Waals surface area contributed by atoms with Crippen molar-refractivity contribution >= 4 is 11.3 Å². The highest BCUT2D eigenvalue weighted by Crippen LogP contribution is 2.29. The van der Waals surface area contributed by atoms with E-state index >= 15 is 0 Å². The van der Waals surface area contributed by atoms with Gasteiger partial charge < -0.3 is 10.4 Å². The van der Waals surface area contributed by atoms with E-state index in [9.17, 15) is 18.3 Å². The molecule has 21 heavy (non-hydrogen) atoms. The second-order valence-electron chi connectivity index (χ2n) is 5.08. The minimum absolute atomic E-state index is 0.324. The number of thiophene rings is 1. The highest BCUT2D eigenvalue weighted by molar-refractivity contribution is 7.08. The summed E-state index contributed by atoms with van der Waals surface area (Å²) in [6, 6.07) is 6.86. The second kappa shape index (κ2) is 6.17. The molecule has 114 valence electrons. The van der Waals surface area contributed by atoms with Crippen molar-refractivity contribution in [2.45, 2.75) is 25.2 Å². The van der Waals surface area contributed by atoms with Gasteiger partial charge in [-0.25, -0.2) is 0 Å². The minimum Gasteiger partial charge on any atom is -0.384 e. The maximum Gasteiger partial charge on any atom is 0.416 e. The largest absolute Gasteiger partial charge is 0.416 e. The van der Waals surface area contributed by atoms with Crippen LogP contribution >= 0.6 is 11.3 Å². The number of halogens is 3. The zero-order chi connectivity index (χ0) is 15.5. The summed E-state index contributed by atoms with van der Waals surface area (Å²) >= 11 is 1.51. The topological polar surface area (TPSA) is 32.3 Å². The van der Waals surface area contributed by atoms with Gasteiger partial charge in [-0.15, -0.1) is 0 Å². The van der Waals surface area contributed by atoms with Crippen LogP contribution in [0.5, 0.6) is 0 Å². The van der Waals surface area contributed by atoms with Crippen molar-refractivity contribution in [3.05, 3.63) is 57.8 Å². The number of rotatable bonds is 5. The molecule has 6 heteroatoms. The van der Waals surface area contributed by atoms with Gasteiger partial charge in [0, 0.05) is 13.1 Å². The Labute approximate surface area is 125 Å². The van der Waals surface area contributed by atoms with E-state index in [1.807, 2.05) is 16.8 Å². The zero-order valence-corrected chi connectivity index (χ0v) is 12.3. The number of nitrogens with one attached hydrogen (secondary N) is 1. The van der Waals surface area contributed by atoms with E-state index in [-0.39, 0.29) is 0 Å². The number of benzene rings is 1. The fourth-order valence-electron chi connectivity index (χ4n) is 1.93. The molecule has 2 nitrogen and oxygen atoms in total. The molecule has 0 fully saturated rings. The third-order valence-corrected chi connectivity index (χ3v) is 3.91. The summed E-state index contributed by atoms with van der Waals surface area (Å²) in [5.41, 5.74) is -0.0839. The SMILES string of the molecule is CC(O)(CNCc1ccc(C(F)(F)F)cc1)c1ccsc1. The summed E-state index contributed by atoms with van der Waals surface area (Å²) in [4.78, 5) is 0. The molecule has 0 aliphatic rings. The molecule has 0 bridgehead atoms. The summed E-state index contributed by atoms with van der Waals surface area (Å²) in [5, 5.41) is 17.1.